The van der Waals surface area contributed by atoms with E-state index in [1.54, 1.807) is 6.07 Å². The number of carbonyl (C=O) groups excluding carboxylic acids is 1. The number of anilines is 1. The molecule has 0 aliphatic rings. The molecule has 1 amide bonds. The number of hydrogen-bond donors (Lipinski definition) is 2. The highest BCUT2D eigenvalue weighted by molar-refractivity contribution is 6.01. The fourth-order valence-corrected chi connectivity index (χ4v) is 1.84. The molecule has 0 bridgehead atoms. The zero-order chi connectivity index (χ0) is 13.8. The summed E-state index contributed by atoms with van der Waals surface area (Å²) >= 11 is 0. The molecule has 98 valence electrons. The van der Waals surface area contributed by atoms with Crippen LogP contribution in [0.5, 0.6) is 0 Å². The minimum atomic E-state index is -0.981. The molecule has 5 heteroatoms. The van der Waals surface area contributed by atoms with E-state index in [9.17, 15) is 9.59 Å². The van der Waals surface area contributed by atoms with Gasteiger partial charge in [0.15, 0.2) is 0 Å². The molecule has 19 heavy (non-hydrogen) atoms. The monoisotopic (exact) mass is 258 g/mol. The summed E-state index contributed by atoms with van der Waals surface area (Å²) in [5, 5.41) is 12.1. The molecule has 0 unspecified atom stereocenters. The number of aryl methyl sites for hydroxylation is 1. The number of pyridine rings is 1. The van der Waals surface area contributed by atoms with Gasteiger partial charge in [-0.25, -0.2) is 0 Å². The Labute approximate surface area is 110 Å². The van der Waals surface area contributed by atoms with E-state index in [1.807, 2.05) is 31.2 Å². The number of rotatable bonds is 4. The molecule has 1 heterocycles. The Hall–Kier alpha value is -2.43. The van der Waals surface area contributed by atoms with Crippen LogP contribution in [0.3, 0.4) is 0 Å². The van der Waals surface area contributed by atoms with Gasteiger partial charge in [-0.05, 0) is 19.1 Å². The number of para-hydroxylation sites is 1. The molecule has 2 N–H and O–H groups in total. The number of hydrogen-bond acceptors (Lipinski definition) is 3. The number of nitrogens with zero attached hydrogens (tertiary/aromatic N) is 1. The zero-order valence-electron chi connectivity index (χ0n) is 10.5. The first kappa shape index (κ1) is 13.0. The van der Waals surface area contributed by atoms with Gasteiger partial charge in [0, 0.05) is 17.5 Å². The number of nitrogens with one attached hydrogen (secondary N) is 1. The van der Waals surface area contributed by atoms with Gasteiger partial charge >= 0.3 is 5.97 Å². The molecular weight excluding hydrogens is 244 g/mol. The number of carboxylic acid groups (broad SMARTS) is 1. The first-order chi connectivity index (χ1) is 9.06. The van der Waals surface area contributed by atoms with Crippen molar-refractivity contribution < 1.29 is 14.7 Å². The Bertz CT molecular complexity index is 638. The largest absolute Gasteiger partial charge is 0.481 e. The van der Waals surface area contributed by atoms with Crippen molar-refractivity contribution in [2.45, 2.75) is 19.8 Å². The lowest BCUT2D eigenvalue weighted by molar-refractivity contribution is -0.138. The highest BCUT2D eigenvalue weighted by Crippen LogP contribution is 2.23. The molecule has 0 radical (unpaired) electrons. The molecule has 1 aromatic heterocycles. The molecule has 0 aliphatic carbocycles. The number of carbonyl (C=O) groups is 2. The van der Waals surface area contributed by atoms with Gasteiger partial charge in [-0.3, -0.25) is 14.6 Å². The molecule has 0 saturated carbocycles. The van der Waals surface area contributed by atoms with Crippen LogP contribution in [-0.4, -0.2) is 22.0 Å². The van der Waals surface area contributed by atoms with Gasteiger partial charge in [0.2, 0.25) is 5.91 Å². The first-order valence-corrected chi connectivity index (χ1v) is 5.94. The van der Waals surface area contributed by atoms with Gasteiger partial charge < -0.3 is 10.4 Å². The number of aliphatic carboxylic acids is 1. The molecule has 0 saturated heterocycles. The molecule has 5 nitrogen and oxygen atoms in total. The van der Waals surface area contributed by atoms with Crippen LogP contribution in [0.4, 0.5) is 5.69 Å². The van der Waals surface area contributed by atoms with Crippen LogP contribution >= 0.6 is 0 Å². The summed E-state index contributed by atoms with van der Waals surface area (Å²) in [5.74, 6) is -1.29. The van der Waals surface area contributed by atoms with Crippen molar-refractivity contribution in [3.63, 3.8) is 0 Å². The van der Waals surface area contributed by atoms with Crippen molar-refractivity contribution in [1.29, 1.82) is 0 Å². The number of carboxylic acids is 1. The Balaban J connectivity index is 2.24. The third kappa shape index (κ3) is 3.28. The van der Waals surface area contributed by atoms with E-state index in [-0.39, 0.29) is 18.7 Å². The van der Waals surface area contributed by atoms with E-state index in [0.717, 1.165) is 16.6 Å². The minimum Gasteiger partial charge on any atom is -0.481 e. The maximum absolute atomic E-state index is 11.7. The molecule has 0 atom stereocenters. The first-order valence-electron chi connectivity index (χ1n) is 5.94. The van der Waals surface area contributed by atoms with Crippen LogP contribution in [-0.2, 0) is 9.59 Å². The van der Waals surface area contributed by atoms with Gasteiger partial charge in [-0.1, -0.05) is 18.2 Å². The maximum Gasteiger partial charge on any atom is 0.303 e. The van der Waals surface area contributed by atoms with Crippen molar-refractivity contribution in [2.75, 3.05) is 5.32 Å². The molecule has 0 spiro atoms. The van der Waals surface area contributed by atoms with Gasteiger partial charge in [-0.15, -0.1) is 0 Å². The summed E-state index contributed by atoms with van der Waals surface area (Å²) in [4.78, 5) is 26.5. The molecule has 2 rings (SSSR count). The number of benzene rings is 1. The van der Waals surface area contributed by atoms with Crippen LogP contribution in [0.25, 0.3) is 10.9 Å². The third-order valence-corrected chi connectivity index (χ3v) is 2.68. The average molecular weight is 258 g/mol. The summed E-state index contributed by atoms with van der Waals surface area (Å²) in [7, 11) is 0. The quantitative estimate of drug-likeness (QED) is 0.882. The Morgan fingerprint density at radius 1 is 1.26 bits per heavy atom. The van der Waals surface area contributed by atoms with E-state index in [1.165, 1.54) is 0 Å². The number of fused-ring (bicyclic) bond motifs is 1. The lowest BCUT2D eigenvalue weighted by atomic mass is 10.1. The number of aromatic nitrogens is 1. The predicted octanol–water partition coefficient (Wildman–Crippen LogP) is 2.35. The smallest absolute Gasteiger partial charge is 0.303 e. The van der Waals surface area contributed by atoms with Crippen molar-refractivity contribution in [3.05, 3.63) is 36.0 Å². The topological polar surface area (TPSA) is 79.3 Å². The van der Waals surface area contributed by atoms with E-state index < -0.39 is 5.97 Å². The molecule has 2 aromatic rings. The number of amides is 1. The third-order valence-electron chi connectivity index (χ3n) is 2.68. The van der Waals surface area contributed by atoms with Gasteiger partial charge in [-0.2, -0.15) is 0 Å². The normalized spacial score (nSPS) is 10.4. The zero-order valence-corrected chi connectivity index (χ0v) is 10.5. The molecular formula is C14H14N2O3. The van der Waals surface area contributed by atoms with Crippen molar-refractivity contribution >= 4 is 28.5 Å². The minimum absolute atomic E-state index is 0.0367. The summed E-state index contributed by atoms with van der Waals surface area (Å²) in [6.45, 7) is 1.85. The van der Waals surface area contributed by atoms with Gasteiger partial charge in [0.25, 0.3) is 0 Å². The van der Waals surface area contributed by atoms with Crippen LogP contribution in [0.15, 0.2) is 30.3 Å². The Morgan fingerprint density at radius 2 is 2.00 bits per heavy atom. The maximum atomic E-state index is 11.7. The SMILES string of the molecule is Cc1cc(NC(=O)CCC(=O)O)c2ccccc2n1. The Morgan fingerprint density at radius 3 is 2.74 bits per heavy atom. The fourth-order valence-electron chi connectivity index (χ4n) is 1.84. The van der Waals surface area contributed by atoms with Crippen molar-refractivity contribution in [1.82, 2.24) is 4.98 Å². The van der Waals surface area contributed by atoms with E-state index in [4.69, 9.17) is 5.11 Å². The van der Waals surface area contributed by atoms with Crippen LogP contribution < -0.4 is 5.32 Å². The Kier molecular flexibility index (Phi) is 3.75. The second-order valence-electron chi connectivity index (χ2n) is 4.27. The summed E-state index contributed by atoms with van der Waals surface area (Å²) in [6.07, 6.45) is -0.209. The van der Waals surface area contributed by atoms with Crippen molar-refractivity contribution in [2.24, 2.45) is 0 Å². The highest BCUT2D eigenvalue weighted by Gasteiger charge is 2.09. The summed E-state index contributed by atoms with van der Waals surface area (Å²) < 4.78 is 0. The lowest BCUT2D eigenvalue weighted by Gasteiger charge is -2.09. The van der Waals surface area contributed by atoms with Gasteiger partial charge in [0.05, 0.1) is 17.6 Å². The predicted molar refractivity (Wildman–Crippen MR) is 72.0 cm³/mol. The average Bonchev–Trinajstić information content (AvgIpc) is 2.36. The van der Waals surface area contributed by atoms with Crippen molar-refractivity contribution in [3.8, 4) is 0 Å². The van der Waals surface area contributed by atoms with E-state index in [0.29, 0.717) is 5.69 Å². The molecule has 0 aliphatic heterocycles. The second kappa shape index (κ2) is 5.48. The van der Waals surface area contributed by atoms with E-state index >= 15 is 0 Å². The van der Waals surface area contributed by atoms with Crippen LogP contribution in [0.1, 0.15) is 18.5 Å². The fraction of sp³-hybridized carbons (Fsp3) is 0.214. The second-order valence-corrected chi connectivity index (χ2v) is 4.27. The molecule has 1 aromatic carbocycles. The van der Waals surface area contributed by atoms with Crippen LogP contribution in [0.2, 0.25) is 0 Å². The standard InChI is InChI=1S/C14H14N2O3/c1-9-8-12(16-13(17)6-7-14(18)19)10-4-2-3-5-11(10)15-9/h2-5,8H,6-7H2,1H3,(H,18,19)(H,15,16,17). The lowest BCUT2D eigenvalue weighted by Crippen LogP contribution is -2.13. The highest BCUT2D eigenvalue weighted by atomic mass is 16.4. The van der Waals surface area contributed by atoms with Gasteiger partial charge in [0.1, 0.15) is 0 Å². The molecule has 0 fully saturated rings. The van der Waals surface area contributed by atoms with E-state index in [2.05, 4.69) is 10.3 Å². The summed E-state index contributed by atoms with van der Waals surface area (Å²) in [5.41, 5.74) is 2.27. The summed E-state index contributed by atoms with van der Waals surface area (Å²) in [6, 6.07) is 9.27. The van der Waals surface area contributed by atoms with Crippen LogP contribution in [0, 0.1) is 6.92 Å².